The molecule has 0 atom stereocenters. The molecule has 0 aromatic heterocycles. The van der Waals surface area contributed by atoms with Gasteiger partial charge in [0, 0.05) is 5.69 Å². The Morgan fingerprint density at radius 3 is 2.00 bits per heavy atom. The van der Waals surface area contributed by atoms with Crippen molar-refractivity contribution in [2.75, 3.05) is 4.72 Å². The Hall–Kier alpha value is -0.750. The zero-order valence-electron chi connectivity index (χ0n) is 14.3. The van der Waals surface area contributed by atoms with E-state index in [1.165, 1.54) is 69.8 Å². The van der Waals surface area contributed by atoms with Crippen molar-refractivity contribution in [3.05, 3.63) is 29.8 Å². The van der Waals surface area contributed by atoms with Crippen LogP contribution in [0, 0.1) is 0 Å². The maximum absolute atomic E-state index is 8.03. The van der Waals surface area contributed by atoms with Gasteiger partial charge in [0.2, 0.25) is 0 Å². The second-order valence-electron chi connectivity index (χ2n) is 5.96. The summed E-state index contributed by atoms with van der Waals surface area (Å²) >= 11 is 0.825. The molecule has 1 aromatic rings. The first-order chi connectivity index (χ1) is 11.4. The number of anilines is 1. The molecule has 1 rings (SSSR count). The van der Waals surface area contributed by atoms with Crippen LogP contribution in [0.2, 0.25) is 0 Å². The summed E-state index contributed by atoms with van der Waals surface area (Å²) in [4.78, 5) is 0. The van der Waals surface area contributed by atoms with Crippen LogP contribution in [0.15, 0.2) is 24.3 Å². The van der Waals surface area contributed by atoms with E-state index in [1.807, 2.05) is 12.1 Å². The van der Waals surface area contributed by atoms with Crippen LogP contribution in [0.1, 0.15) is 76.7 Å². The van der Waals surface area contributed by atoms with E-state index in [1.54, 1.807) is 0 Å². The molecule has 0 amide bonds. The van der Waals surface area contributed by atoms with Crippen molar-refractivity contribution in [1.29, 1.82) is 0 Å². The maximum atomic E-state index is 8.03. The summed E-state index contributed by atoms with van der Waals surface area (Å²) in [6.45, 7) is 2.27. The normalized spacial score (nSPS) is 10.9. The minimum atomic E-state index is 0.825. The van der Waals surface area contributed by atoms with Crippen molar-refractivity contribution < 1.29 is 14.6 Å². The molecule has 132 valence electrons. The number of nitrogens with one attached hydrogen (secondary N) is 1. The van der Waals surface area contributed by atoms with Crippen molar-refractivity contribution >= 4 is 17.9 Å². The van der Waals surface area contributed by atoms with Crippen LogP contribution in [0.25, 0.3) is 0 Å². The van der Waals surface area contributed by atoms with Gasteiger partial charge in [-0.1, -0.05) is 81.9 Å². The van der Waals surface area contributed by atoms with E-state index in [2.05, 4.69) is 33.2 Å². The van der Waals surface area contributed by atoms with Crippen LogP contribution in [-0.4, -0.2) is 5.26 Å². The van der Waals surface area contributed by atoms with E-state index < -0.39 is 0 Å². The van der Waals surface area contributed by atoms with Gasteiger partial charge in [-0.2, -0.15) is 0 Å². The number of rotatable bonds is 15. The molecule has 2 N–H and O–H groups in total. The van der Waals surface area contributed by atoms with Gasteiger partial charge < -0.3 is 4.72 Å². The lowest BCUT2D eigenvalue weighted by Crippen LogP contribution is -1.91. The molecule has 0 bridgehead atoms. The molecule has 5 heteroatoms. The van der Waals surface area contributed by atoms with Gasteiger partial charge in [0.05, 0.1) is 0 Å². The smallest absolute Gasteiger partial charge is 0.152 e. The fraction of sp³-hybridized carbons (Fsp3) is 0.667. The van der Waals surface area contributed by atoms with E-state index in [4.69, 9.17) is 5.26 Å². The molecule has 0 aliphatic carbocycles. The van der Waals surface area contributed by atoms with Gasteiger partial charge in [0.25, 0.3) is 0 Å². The molecule has 0 saturated heterocycles. The van der Waals surface area contributed by atoms with Crippen LogP contribution >= 0.6 is 12.2 Å². The lowest BCUT2D eigenvalue weighted by atomic mass is 10.0. The molecule has 0 unspecified atom stereocenters. The van der Waals surface area contributed by atoms with Crippen molar-refractivity contribution in [3.63, 3.8) is 0 Å². The number of aryl methyl sites for hydroxylation is 1. The Morgan fingerprint density at radius 1 is 0.870 bits per heavy atom. The van der Waals surface area contributed by atoms with Gasteiger partial charge in [0.15, 0.2) is 12.2 Å². The molecule has 0 radical (unpaired) electrons. The number of unbranched alkanes of at least 4 members (excludes halogenated alkanes) is 9. The summed E-state index contributed by atoms with van der Waals surface area (Å²) in [5.74, 6) is 0. The van der Waals surface area contributed by atoms with Gasteiger partial charge in [-0.25, -0.2) is 5.26 Å². The summed E-state index contributed by atoms with van der Waals surface area (Å²) in [6.07, 6.45) is 14.9. The molecule has 0 aliphatic heterocycles. The first-order valence-corrected chi connectivity index (χ1v) is 9.59. The van der Waals surface area contributed by atoms with E-state index in [0.717, 1.165) is 24.3 Å². The van der Waals surface area contributed by atoms with Crippen molar-refractivity contribution in [2.24, 2.45) is 0 Å². The molecule has 0 fully saturated rings. The molecule has 0 aliphatic rings. The highest BCUT2D eigenvalue weighted by molar-refractivity contribution is 7.95. The third kappa shape index (κ3) is 11.4. The van der Waals surface area contributed by atoms with E-state index in [0.29, 0.717) is 0 Å². The number of hydrogen-bond acceptors (Lipinski definition) is 5. The predicted octanol–water partition coefficient (Wildman–Crippen LogP) is 6.55. The van der Waals surface area contributed by atoms with Crippen molar-refractivity contribution in [2.45, 2.75) is 77.6 Å². The lowest BCUT2D eigenvalue weighted by Gasteiger charge is -2.05. The Morgan fingerprint density at radius 2 is 1.43 bits per heavy atom. The van der Waals surface area contributed by atoms with Gasteiger partial charge in [0.1, 0.15) is 0 Å². The minimum Gasteiger partial charge on any atom is -0.304 e. The van der Waals surface area contributed by atoms with Gasteiger partial charge in [-0.15, -0.1) is 4.33 Å². The van der Waals surface area contributed by atoms with E-state index >= 15 is 0 Å². The summed E-state index contributed by atoms with van der Waals surface area (Å²) in [7, 11) is 0. The number of benzene rings is 1. The Kier molecular flexibility index (Phi) is 13.1. The van der Waals surface area contributed by atoms with Gasteiger partial charge in [-0.3, -0.25) is 0 Å². The second kappa shape index (κ2) is 14.8. The van der Waals surface area contributed by atoms with Gasteiger partial charge in [-0.05, 0) is 30.5 Å². The predicted molar refractivity (Wildman–Crippen MR) is 98.0 cm³/mol. The Labute approximate surface area is 145 Å². The molecule has 0 spiro atoms. The first-order valence-electron chi connectivity index (χ1n) is 8.85. The zero-order chi connectivity index (χ0) is 16.6. The van der Waals surface area contributed by atoms with Crippen LogP contribution in [0.3, 0.4) is 0 Å². The average Bonchev–Trinajstić information content (AvgIpc) is 2.58. The third-order valence-corrected chi connectivity index (χ3v) is 4.44. The summed E-state index contributed by atoms with van der Waals surface area (Å²) < 4.78 is 7.16. The SMILES string of the molecule is CCCCCCCCCCCCc1ccc(NSOOO)cc1. The largest absolute Gasteiger partial charge is 0.304 e. The monoisotopic (exact) mass is 341 g/mol. The molecular weight excluding hydrogens is 310 g/mol. The van der Waals surface area contributed by atoms with Crippen LogP contribution in [0.4, 0.5) is 5.69 Å². The molecule has 0 saturated carbocycles. The van der Waals surface area contributed by atoms with E-state index in [-0.39, 0.29) is 0 Å². The van der Waals surface area contributed by atoms with Crippen molar-refractivity contribution in [3.8, 4) is 0 Å². The molecule has 4 nitrogen and oxygen atoms in total. The fourth-order valence-corrected chi connectivity index (χ4v) is 2.93. The standard InChI is InChI=1S/C18H31NO3S/c1-2-3-4-5-6-7-8-9-10-11-12-17-13-15-18(16-14-17)19-23-22-21-20/h13-16,19-20H,2-12H2,1H3. The minimum absolute atomic E-state index is 0.825. The highest BCUT2D eigenvalue weighted by Gasteiger charge is 1.97. The summed E-state index contributed by atoms with van der Waals surface area (Å²) in [6, 6.07) is 8.24. The summed E-state index contributed by atoms with van der Waals surface area (Å²) in [5, 5.41) is 11.5. The molecule has 1 aromatic carbocycles. The molecule has 23 heavy (non-hydrogen) atoms. The lowest BCUT2D eigenvalue weighted by molar-refractivity contribution is -0.432. The highest BCUT2D eigenvalue weighted by atomic mass is 32.2. The third-order valence-electron chi connectivity index (χ3n) is 4.00. The Balaban J connectivity index is 1.97. The zero-order valence-corrected chi connectivity index (χ0v) is 15.1. The first kappa shape index (κ1) is 20.3. The highest BCUT2D eigenvalue weighted by Crippen LogP contribution is 2.17. The Bertz CT molecular complexity index is 373. The summed E-state index contributed by atoms with van der Waals surface area (Å²) in [5.41, 5.74) is 2.28. The van der Waals surface area contributed by atoms with Gasteiger partial charge >= 0.3 is 0 Å². The van der Waals surface area contributed by atoms with E-state index in [9.17, 15) is 0 Å². The number of hydrogen-bond donors (Lipinski definition) is 2. The second-order valence-corrected chi connectivity index (χ2v) is 6.46. The average molecular weight is 342 g/mol. The molecule has 0 heterocycles. The van der Waals surface area contributed by atoms with Crippen LogP contribution in [-0.2, 0) is 15.8 Å². The quantitative estimate of drug-likeness (QED) is 0.125. The van der Waals surface area contributed by atoms with Crippen LogP contribution in [0.5, 0.6) is 0 Å². The van der Waals surface area contributed by atoms with Crippen LogP contribution < -0.4 is 4.72 Å². The molecular formula is C18H31NO3S. The fourth-order valence-electron chi connectivity index (χ4n) is 2.64. The maximum Gasteiger partial charge on any atom is 0.152 e. The van der Waals surface area contributed by atoms with Crippen molar-refractivity contribution in [1.82, 2.24) is 0 Å². The topological polar surface area (TPSA) is 50.7 Å².